The molecule has 33 heavy (non-hydrogen) atoms. The van der Waals surface area contributed by atoms with Crippen LogP contribution in [0.1, 0.15) is 53.1 Å². The van der Waals surface area contributed by atoms with Crippen molar-refractivity contribution < 1.29 is 18.3 Å². The van der Waals surface area contributed by atoms with Crippen LogP contribution in [0.5, 0.6) is 5.75 Å². The van der Waals surface area contributed by atoms with Gasteiger partial charge in [-0.15, -0.1) is 0 Å². The molecular formula is C27H22FNO4. The molecule has 3 aromatic carbocycles. The van der Waals surface area contributed by atoms with Gasteiger partial charge < -0.3 is 9.15 Å². The molecule has 2 heterocycles. The lowest BCUT2D eigenvalue weighted by atomic mass is 9.95. The number of hydrogen-bond acceptors (Lipinski definition) is 4. The molecule has 0 saturated carbocycles. The van der Waals surface area contributed by atoms with E-state index in [4.69, 9.17) is 9.15 Å². The molecule has 0 saturated heterocycles. The second-order valence-corrected chi connectivity index (χ2v) is 8.41. The SMILES string of the molecule is COc1ccc(N2C(=O)c3oc4ccc(F)cc4c(=O)c3C2c2ccc(C(C)C)cc2)cc1. The molecule has 166 valence electrons. The van der Waals surface area contributed by atoms with Crippen molar-refractivity contribution in [1.29, 1.82) is 0 Å². The van der Waals surface area contributed by atoms with E-state index in [2.05, 4.69) is 13.8 Å². The average Bonchev–Trinajstić information content (AvgIpc) is 3.12. The molecule has 1 aliphatic heterocycles. The van der Waals surface area contributed by atoms with Gasteiger partial charge in [0.25, 0.3) is 5.91 Å². The summed E-state index contributed by atoms with van der Waals surface area (Å²) in [7, 11) is 1.57. The van der Waals surface area contributed by atoms with Crippen molar-refractivity contribution in [2.24, 2.45) is 0 Å². The van der Waals surface area contributed by atoms with Crippen molar-refractivity contribution in [3.8, 4) is 5.75 Å². The number of carbonyl (C=O) groups is 1. The fraction of sp³-hybridized carbons (Fsp3) is 0.185. The van der Waals surface area contributed by atoms with Crippen molar-refractivity contribution in [3.05, 3.63) is 105 Å². The third-order valence-corrected chi connectivity index (χ3v) is 6.10. The summed E-state index contributed by atoms with van der Waals surface area (Å²) >= 11 is 0. The summed E-state index contributed by atoms with van der Waals surface area (Å²) in [6.07, 6.45) is 0. The summed E-state index contributed by atoms with van der Waals surface area (Å²) in [6.45, 7) is 4.20. The van der Waals surface area contributed by atoms with Gasteiger partial charge in [0.05, 0.1) is 24.1 Å². The van der Waals surface area contributed by atoms with Crippen LogP contribution >= 0.6 is 0 Å². The number of ether oxygens (including phenoxy) is 1. The minimum atomic E-state index is -0.703. The Hall–Kier alpha value is -3.93. The van der Waals surface area contributed by atoms with E-state index in [1.807, 2.05) is 24.3 Å². The quantitative estimate of drug-likeness (QED) is 0.399. The van der Waals surface area contributed by atoms with E-state index < -0.39 is 23.2 Å². The number of carbonyl (C=O) groups excluding carboxylic acids is 1. The molecule has 1 aliphatic rings. The van der Waals surface area contributed by atoms with Gasteiger partial charge in [-0.1, -0.05) is 38.1 Å². The maximum Gasteiger partial charge on any atom is 0.295 e. The molecule has 5 nitrogen and oxygen atoms in total. The van der Waals surface area contributed by atoms with E-state index in [0.717, 1.165) is 17.2 Å². The van der Waals surface area contributed by atoms with Gasteiger partial charge in [-0.2, -0.15) is 0 Å². The monoisotopic (exact) mass is 443 g/mol. The molecule has 0 radical (unpaired) electrons. The first-order chi connectivity index (χ1) is 15.9. The van der Waals surface area contributed by atoms with Crippen molar-refractivity contribution in [2.75, 3.05) is 12.0 Å². The predicted octanol–water partition coefficient (Wildman–Crippen LogP) is 5.81. The molecule has 0 N–H and O–H groups in total. The number of amides is 1. The highest BCUT2D eigenvalue weighted by atomic mass is 19.1. The van der Waals surface area contributed by atoms with Gasteiger partial charge in [0.15, 0.2) is 5.43 Å². The lowest BCUT2D eigenvalue weighted by Gasteiger charge is -2.25. The molecule has 0 aliphatic carbocycles. The van der Waals surface area contributed by atoms with E-state index in [1.165, 1.54) is 12.1 Å². The predicted molar refractivity (Wildman–Crippen MR) is 125 cm³/mol. The number of methoxy groups -OCH3 is 1. The Morgan fingerprint density at radius 3 is 2.30 bits per heavy atom. The van der Waals surface area contributed by atoms with E-state index >= 15 is 0 Å². The van der Waals surface area contributed by atoms with Gasteiger partial charge >= 0.3 is 0 Å². The molecule has 1 aromatic heterocycles. The normalized spacial score (nSPS) is 15.4. The summed E-state index contributed by atoms with van der Waals surface area (Å²) in [4.78, 5) is 28.6. The Labute approximate surface area is 190 Å². The molecule has 1 amide bonds. The number of rotatable bonds is 4. The first-order valence-electron chi connectivity index (χ1n) is 10.7. The third kappa shape index (κ3) is 3.39. The van der Waals surface area contributed by atoms with Crippen LogP contribution < -0.4 is 15.1 Å². The first-order valence-corrected chi connectivity index (χ1v) is 10.7. The number of benzene rings is 3. The van der Waals surface area contributed by atoms with Crippen LogP contribution in [0.2, 0.25) is 0 Å². The van der Waals surface area contributed by atoms with Crippen LogP contribution in [-0.4, -0.2) is 13.0 Å². The highest BCUT2D eigenvalue weighted by Gasteiger charge is 2.43. The third-order valence-electron chi connectivity index (χ3n) is 6.10. The van der Waals surface area contributed by atoms with Gasteiger partial charge in [-0.05, 0) is 59.5 Å². The number of anilines is 1. The summed E-state index contributed by atoms with van der Waals surface area (Å²) in [5.74, 6) is 0.00981. The standard InChI is InChI=1S/C27H22FNO4/c1-15(2)16-4-6-17(7-5-16)24-23-25(30)21-14-18(28)8-13-22(21)33-26(23)27(31)29(24)19-9-11-20(32-3)12-10-19/h4-15,24H,1-3H3. The zero-order valence-corrected chi connectivity index (χ0v) is 18.5. The van der Waals surface area contributed by atoms with Gasteiger partial charge in [0.2, 0.25) is 5.76 Å². The summed E-state index contributed by atoms with van der Waals surface area (Å²) in [6, 6.07) is 17.9. The van der Waals surface area contributed by atoms with Crippen LogP contribution in [0.4, 0.5) is 10.1 Å². The van der Waals surface area contributed by atoms with E-state index in [9.17, 15) is 14.0 Å². The Kier molecular flexibility index (Phi) is 5.01. The highest BCUT2D eigenvalue weighted by molar-refractivity contribution is 6.10. The Morgan fingerprint density at radius 2 is 1.67 bits per heavy atom. The van der Waals surface area contributed by atoms with E-state index in [0.29, 0.717) is 17.4 Å². The Morgan fingerprint density at radius 1 is 0.970 bits per heavy atom. The van der Waals surface area contributed by atoms with Gasteiger partial charge in [-0.3, -0.25) is 14.5 Å². The smallest absolute Gasteiger partial charge is 0.295 e. The molecule has 0 bridgehead atoms. The summed E-state index contributed by atoms with van der Waals surface area (Å²) in [5.41, 5.74) is 2.50. The minimum absolute atomic E-state index is 0.0205. The number of hydrogen-bond donors (Lipinski definition) is 0. The molecule has 1 unspecified atom stereocenters. The van der Waals surface area contributed by atoms with E-state index in [-0.39, 0.29) is 22.3 Å². The molecule has 1 atom stereocenters. The molecule has 6 heteroatoms. The fourth-order valence-electron chi connectivity index (χ4n) is 4.33. The zero-order chi connectivity index (χ0) is 23.3. The van der Waals surface area contributed by atoms with Crippen molar-refractivity contribution in [3.63, 3.8) is 0 Å². The van der Waals surface area contributed by atoms with Crippen molar-refractivity contribution >= 4 is 22.6 Å². The minimum Gasteiger partial charge on any atom is -0.497 e. The first kappa shape index (κ1) is 20.9. The second-order valence-electron chi connectivity index (χ2n) is 8.41. The topological polar surface area (TPSA) is 59.8 Å². The van der Waals surface area contributed by atoms with Crippen LogP contribution in [0.15, 0.2) is 75.9 Å². The maximum absolute atomic E-state index is 13.9. The molecule has 4 aromatic rings. The van der Waals surface area contributed by atoms with Crippen LogP contribution in [0, 0.1) is 5.82 Å². The fourth-order valence-corrected chi connectivity index (χ4v) is 4.33. The second kappa shape index (κ2) is 7.89. The Bertz CT molecular complexity index is 1420. The van der Waals surface area contributed by atoms with Gasteiger partial charge in [0, 0.05) is 5.69 Å². The average molecular weight is 443 g/mol. The number of nitrogens with zero attached hydrogens (tertiary/aromatic N) is 1. The summed E-state index contributed by atoms with van der Waals surface area (Å²) in [5, 5.41) is 0.113. The van der Waals surface area contributed by atoms with E-state index in [1.54, 1.807) is 36.3 Å². The maximum atomic E-state index is 13.9. The molecule has 0 spiro atoms. The Balaban J connectivity index is 1.75. The number of fused-ring (bicyclic) bond motifs is 2. The largest absolute Gasteiger partial charge is 0.497 e. The summed E-state index contributed by atoms with van der Waals surface area (Å²) < 4.78 is 25.1. The van der Waals surface area contributed by atoms with Crippen LogP contribution in [0.3, 0.4) is 0 Å². The van der Waals surface area contributed by atoms with Gasteiger partial charge in [-0.25, -0.2) is 4.39 Å². The highest BCUT2D eigenvalue weighted by Crippen LogP contribution is 2.41. The van der Waals surface area contributed by atoms with Crippen LogP contribution in [0.25, 0.3) is 11.0 Å². The van der Waals surface area contributed by atoms with Crippen molar-refractivity contribution in [1.82, 2.24) is 0 Å². The molecular weight excluding hydrogens is 421 g/mol. The van der Waals surface area contributed by atoms with Crippen molar-refractivity contribution in [2.45, 2.75) is 25.8 Å². The number of halogens is 1. The zero-order valence-electron chi connectivity index (χ0n) is 18.5. The molecule has 5 rings (SSSR count). The van der Waals surface area contributed by atoms with Crippen LogP contribution in [-0.2, 0) is 0 Å². The lowest BCUT2D eigenvalue weighted by molar-refractivity contribution is 0.0971. The lowest BCUT2D eigenvalue weighted by Crippen LogP contribution is -2.29. The van der Waals surface area contributed by atoms with Gasteiger partial charge in [0.1, 0.15) is 17.1 Å². The molecule has 0 fully saturated rings.